The molecule has 2 aliphatic heterocycles. The monoisotopic (exact) mass is 267 g/mol. The summed E-state index contributed by atoms with van der Waals surface area (Å²) in [6, 6.07) is 0. The van der Waals surface area contributed by atoms with E-state index in [0.717, 1.165) is 11.7 Å². The Hall–Kier alpha value is -0.540. The Labute approximate surface area is 114 Å². The number of piperidine rings is 1. The molecule has 1 atom stereocenters. The van der Waals surface area contributed by atoms with Gasteiger partial charge in [0.15, 0.2) is 5.15 Å². The summed E-state index contributed by atoms with van der Waals surface area (Å²) in [5.74, 6) is 2.44. The van der Waals surface area contributed by atoms with Crippen LogP contribution in [0.25, 0.3) is 0 Å². The van der Waals surface area contributed by atoms with Gasteiger partial charge < -0.3 is 9.47 Å². The first-order valence-corrected chi connectivity index (χ1v) is 7.49. The highest BCUT2D eigenvalue weighted by atomic mass is 35.5. The van der Waals surface area contributed by atoms with Gasteiger partial charge in [-0.3, -0.25) is 0 Å². The molecule has 2 aliphatic rings. The van der Waals surface area contributed by atoms with Gasteiger partial charge in [-0.05, 0) is 51.7 Å². The van der Waals surface area contributed by atoms with Crippen LogP contribution in [0.15, 0.2) is 0 Å². The number of rotatable bonds is 1. The van der Waals surface area contributed by atoms with Gasteiger partial charge in [-0.15, -0.1) is 0 Å². The second kappa shape index (κ2) is 4.86. The lowest BCUT2D eigenvalue weighted by molar-refractivity contribution is 0.247. The van der Waals surface area contributed by atoms with Crippen LogP contribution in [0.4, 0.5) is 0 Å². The van der Waals surface area contributed by atoms with Gasteiger partial charge in [0.2, 0.25) is 0 Å². The van der Waals surface area contributed by atoms with Crippen LogP contribution in [-0.4, -0.2) is 34.6 Å². The summed E-state index contributed by atoms with van der Waals surface area (Å²) < 4.78 is 2.42. The van der Waals surface area contributed by atoms with Gasteiger partial charge in [0, 0.05) is 12.5 Å². The molecule has 1 aromatic rings. The summed E-state index contributed by atoms with van der Waals surface area (Å²) in [6.07, 6.45) is 4.95. The fourth-order valence-corrected chi connectivity index (χ4v) is 3.80. The van der Waals surface area contributed by atoms with E-state index in [0.29, 0.717) is 11.8 Å². The minimum atomic E-state index is 0.568. The standard InChI is InChI=1S/C14H22ClN3/c1-10-4-3-7-18-12(10)13(15)16-14(18)11-5-8-17(2)9-6-11/h10-11H,3-9H2,1-2H3. The highest BCUT2D eigenvalue weighted by molar-refractivity contribution is 6.30. The maximum atomic E-state index is 6.36. The third-order valence-electron chi connectivity index (χ3n) is 4.56. The molecular weight excluding hydrogens is 246 g/mol. The molecule has 0 spiro atoms. The van der Waals surface area contributed by atoms with E-state index in [1.165, 1.54) is 50.3 Å². The second-order valence-electron chi connectivity index (χ2n) is 5.92. The lowest BCUT2D eigenvalue weighted by atomic mass is 9.94. The Morgan fingerprint density at radius 3 is 2.61 bits per heavy atom. The van der Waals surface area contributed by atoms with Crippen molar-refractivity contribution < 1.29 is 0 Å². The van der Waals surface area contributed by atoms with Crippen molar-refractivity contribution in [2.24, 2.45) is 0 Å². The molecule has 0 radical (unpaired) electrons. The van der Waals surface area contributed by atoms with E-state index >= 15 is 0 Å². The van der Waals surface area contributed by atoms with E-state index in [2.05, 4.69) is 23.4 Å². The fraction of sp³-hybridized carbons (Fsp3) is 0.786. The molecule has 0 aliphatic carbocycles. The zero-order chi connectivity index (χ0) is 12.7. The summed E-state index contributed by atoms with van der Waals surface area (Å²) in [5.41, 5.74) is 1.29. The van der Waals surface area contributed by atoms with E-state index in [-0.39, 0.29) is 0 Å². The first-order chi connectivity index (χ1) is 8.66. The average molecular weight is 268 g/mol. The Balaban J connectivity index is 1.91. The zero-order valence-corrected chi connectivity index (χ0v) is 12.1. The molecule has 0 aromatic carbocycles. The molecule has 3 heterocycles. The lowest BCUT2D eigenvalue weighted by Gasteiger charge is -2.30. The summed E-state index contributed by atoms with van der Waals surface area (Å²) in [7, 11) is 2.20. The van der Waals surface area contributed by atoms with Gasteiger partial charge in [0.25, 0.3) is 0 Å². The van der Waals surface area contributed by atoms with Crippen LogP contribution >= 0.6 is 11.6 Å². The smallest absolute Gasteiger partial charge is 0.150 e. The zero-order valence-electron chi connectivity index (χ0n) is 11.3. The van der Waals surface area contributed by atoms with Crippen LogP contribution in [0.1, 0.15) is 56.0 Å². The molecule has 1 fully saturated rings. The molecule has 3 rings (SSSR count). The lowest BCUT2D eigenvalue weighted by Crippen LogP contribution is -2.30. The second-order valence-corrected chi connectivity index (χ2v) is 6.28. The van der Waals surface area contributed by atoms with E-state index in [4.69, 9.17) is 16.6 Å². The molecule has 1 aromatic heterocycles. The number of hydrogen-bond acceptors (Lipinski definition) is 2. The fourth-order valence-electron chi connectivity index (χ4n) is 3.43. The van der Waals surface area contributed by atoms with Crippen LogP contribution in [-0.2, 0) is 6.54 Å². The predicted octanol–water partition coefficient (Wildman–Crippen LogP) is 3.24. The molecule has 0 bridgehead atoms. The van der Waals surface area contributed by atoms with Crippen molar-refractivity contribution >= 4 is 11.6 Å². The SMILES string of the molecule is CC1CCCn2c(C3CCN(C)CC3)nc(Cl)c21. The maximum Gasteiger partial charge on any atom is 0.150 e. The van der Waals surface area contributed by atoms with Crippen molar-refractivity contribution in [3.63, 3.8) is 0 Å². The van der Waals surface area contributed by atoms with Crippen LogP contribution in [0.2, 0.25) is 5.15 Å². The van der Waals surface area contributed by atoms with Crippen LogP contribution in [0.3, 0.4) is 0 Å². The molecule has 0 amide bonds. The van der Waals surface area contributed by atoms with E-state index in [9.17, 15) is 0 Å². The molecule has 1 saturated heterocycles. The summed E-state index contributed by atoms with van der Waals surface area (Å²) in [4.78, 5) is 7.10. The minimum absolute atomic E-state index is 0.568. The number of fused-ring (bicyclic) bond motifs is 1. The van der Waals surface area contributed by atoms with E-state index in [1.54, 1.807) is 0 Å². The molecule has 18 heavy (non-hydrogen) atoms. The molecule has 4 heteroatoms. The van der Waals surface area contributed by atoms with Crippen molar-refractivity contribution in [1.82, 2.24) is 14.5 Å². The maximum absolute atomic E-state index is 6.36. The Morgan fingerprint density at radius 2 is 1.89 bits per heavy atom. The number of imidazole rings is 1. The summed E-state index contributed by atoms with van der Waals surface area (Å²) >= 11 is 6.36. The average Bonchev–Trinajstić information content (AvgIpc) is 2.69. The molecule has 3 nitrogen and oxygen atoms in total. The highest BCUT2D eigenvalue weighted by Gasteiger charge is 2.29. The number of halogens is 1. The Bertz CT molecular complexity index is 432. The summed E-state index contributed by atoms with van der Waals surface area (Å²) in [6.45, 7) is 5.75. The van der Waals surface area contributed by atoms with Crippen molar-refractivity contribution in [2.45, 2.75) is 51.0 Å². The topological polar surface area (TPSA) is 21.1 Å². The molecular formula is C14H22ClN3. The largest absolute Gasteiger partial charge is 0.330 e. The van der Waals surface area contributed by atoms with Gasteiger partial charge in [-0.1, -0.05) is 18.5 Å². The van der Waals surface area contributed by atoms with Crippen molar-refractivity contribution in [2.75, 3.05) is 20.1 Å². The Kier molecular flexibility index (Phi) is 3.37. The minimum Gasteiger partial charge on any atom is -0.330 e. The van der Waals surface area contributed by atoms with Crippen molar-refractivity contribution in [3.8, 4) is 0 Å². The number of hydrogen-bond donors (Lipinski definition) is 0. The van der Waals surface area contributed by atoms with Gasteiger partial charge >= 0.3 is 0 Å². The first kappa shape index (κ1) is 12.5. The van der Waals surface area contributed by atoms with Gasteiger partial charge in [0.05, 0.1) is 5.69 Å². The number of nitrogens with zero attached hydrogens (tertiary/aromatic N) is 3. The van der Waals surface area contributed by atoms with Crippen molar-refractivity contribution in [3.05, 3.63) is 16.7 Å². The first-order valence-electron chi connectivity index (χ1n) is 7.11. The Morgan fingerprint density at radius 1 is 1.17 bits per heavy atom. The summed E-state index contributed by atoms with van der Waals surface area (Å²) in [5, 5.41) is 0.760. The molecule has 1 unspecified atom stereocenters. The third-order valence-corrected chi connectivity index (χ3v) is 4.84. The van der Waals surface area contributed by atoms with Crippen molar-refractivity contribution in [1.29, 1.82) is 0 Å². The third kappa shape index (κ3) is 2.08. The van der Waals surface area contributed by atoms with Crippen LogP contribution in [0.5, 0.6) is 0 Å². The molecule has 100 valence electrons. The van der Waals surface area contributed by atoms with E-state index < -0.39 is 0 Å². The molecule has 0 saturated carbocycles. The molecule has 0 N–H and O–H groups in total. The van der Waals surface area contributed by atoms with Gasteiger partial charge in [-0.25, -0.2) is 4.98 Å². The van der Waals surface area contributed by atoms with E-state index in [1.807, 2.05) is 0 Å². The quantitative estimate of drug-likeness (QED) is 0.779. The number of likely N-dealkylation sites (tertiary alicyclic amines) is 1. The van der Waals surface area contributed by atoms with Gasteiger partial charge in [-0.2, -0.15) is 0 Å². The van der Waals surface area contributed by atoms with Gasteiger partial charge in [0.1, 0.15) is 5.82 Å². The highest BCUT2D eigenvalue weighted by Crippen LogP contribution is 2.37. The predicted molar refractivity (Wildman–Crippen MR) is 74.4 cm³/mol. The van der Waals surface area contributed by atoms with Crippen LogP contribution in [0, 0.1) is 0 Å². The van der Waals surface area contributed by atoms with Crippen LogP contribution < -0.4 is 0 Å². The number of aromatic nitrogens is 2. The normalized spacial score (nSPS) is 26.3.